The zero-order valence-electron chi connectivity index (χ0n) is 18.9. The van der Waals surface area contributed by atoms with E-state index in [4.69, 9.17) is 14.2 Å². The second-order valence-electron chi connectivity index (χ2n) is 7.20. The molecule has 2 amide bonds. The van der Waals surface area contributed by atoms with Gasteiger partial charge in [-0.25, -0.2) is 0 Å². The summed E-state index contributed by atoms with van der Waals surface area (Å²) in [7, 11) is 4.73. The Balaban J connectivity index is 2.24. The van der Waals surface area contributed by atoms with E-state index in [-0.39, 0.29) is 18.2 Å². The number of nitrogens with zero attached hydrogens (tertiary/aromatic N) is 1. The van der Waals surface area contributed by atoms with Gasteiger partial charge in [-0.15, -0.1) is 0 Å². The van der Waals surface area contributed by atoms with Crippen LogP contribution in [0, 0.1) is 0 Å². The molecule has 2 aromatic rings. The number of methoxy groups -OCH3 is 3. The lowest BCUT2D eigenvalue weighted by molar-refractivity contribution is -0.140. The largest absolute Gasteiger partial charge is 0.497 e. The van der Waals surface area contributed by atoms with Gasteiger partial charge in [-0.3, -0.25) is 9.59 Å². The Morgan fingerprint density at radius 2 is 1.58 bits per heavy atom. The maximum atomic E-state index is 13.3. The van der Waals surface area contributed by atoms with E-state index in [0.29, 0.717) is 24.6 Å². The molecule has 0 spiro atoms. The van der Waals surface area contributed by atoms with Crippen molar-refractivity contribution in [1.82, 2.24) is 10.2 Å². The summed E-state index contributed by atoms with van der Waals surface area (Å²) >= 11 is 0. The highest BCUT2D eigenvalue weighted by Gasteiger charge is 2.26. The first-order chi connectivity index (χ1) is 14.9. The highest BCUT2D eigenvalue weighted by Crippen LogP contribution is 2.28. The van der Waals surface area contributed by atoms with E-state index >= 15 is 0 Å². The lowest BCUT2D eigenvalue weighted by Crippen LogP contribution is -2.48. The number of nitrogens with one attached hydrogen (secondary N) is 1. The number of carbonyl (C=O) groups is 2. The second kappa shape index (κ2) is 11.8. The van der Waals surface area contributed by atoms with Crippen LogP contribution >= 0.6 is 0 Å². The van der Waals surface area contributed by atoms with Gasteiger partial charge in [0.05, 0.1) is 27.8 Å². The van der Waals surface area contributed by atoms with E-state index in [9.17, 15) is 9.59 Å². The number of carbonyl (C=O) groups excluding carboxylic acids is 2. The first-order valence-corrected chi connectivity index (χ1v) is 10.3. The number of benzene rings is 2. The Morgan fingerprint density at radius 3 is 2.16 bits per heavy atom. The maximum absolute atomic E-state index is 13.3. The first kappa shape index (κ1) is 24.1. The van der Waals surface area contributed by atoms with Crippen LogP contribution in [-0.2, 0) is 22.6 Å². The molecule has 0 aliphatic heterocycles. The van der Waals surface area contributed by atoms with Crippen molar-refractivity contribution in [2.75, 3.05) is 27.9 Å². The van der Waals surface area contributed by atoms with Crippen molar-refractivity contribution in [2.24, 2.45) is 0 Å². The van der Waals surface area contributed by atoms with Crippen LogP contribution in [-0.4, -0.2) is 50.6 Å². The molecule has 1 atom stereocenters. The molecule has 0 radical (unpaired) electrons. The minimum atomic E-state index is -0.610. The summed E-state index contributed by atoms with van der Waals surface area (Å²) in [4.78, 5) is 27.5. The van der Waals surface area contributed by atoms with Gasteiger partial charge in [0.25, 0.3) is 0 Å². The molecular weight excluding hydrogens is 396 g/mol. The minimum absolute atomic E-state index is 0.141. The number of hydrogen-bond acceptors (Lipinski definition) is 5. The van der Waals surface area contributed by atoms with Crippen LogP contribution < -0.4 is 19.5 Å². The molecule has 7 nitrogen and oxygen atoms in total. The van der Waals surface area contributed by atoms with Gasteiger partial charge in [-0.2, -0.15) is 0 Å². The van der Waals surface area contributed by atoms with E-state index in [1.54, 1.807) is 45.3 Å². The lowest BCUT2D eigenvalue weighted by atomic mass is 10.1. The molecular formula is C24H32N2O5. The maximum Gasteiger partial charge on any atom is 0.242 e. The Morgan fingerprint density at radius 1 is 0.935 bits per heavy atom. The zero-order valence-corrected chi connectivity index (χ0v) is 18.9. The molecule has 0 saturated heterocycles. The van der Waals surface area contributed by atoms with Crippen molar-refractivity contribution in [1.29, 1.82) is 0 Å². The number of amides is 2. The SMILES string of the molecule is CCCNC(=O)[C@H](C)N(Cc1ccc(OC)cc1)C(=O)Cc1ccc(OC)c(OC)c1. The fourth-order valence-corrected chi connectivity index (χ4v) is 3.17. The predicted octanol–water partition coefficient (Wildman–Crippen LogP) is 3.20. The summed E-state index contributed by atoms with van der Waals surface area (Å²) in [5.41, 5.74) is 1.69. The zero-order chi connectivity index (χ0) is 22.8. The topological polar surface area (TPSA) is 77.1 Å². The average molecular weight is 429 g/mol. The number of hydrogen-bond donors (Lipinski definition) is 1. The number of rotatable bonds is 11. The van der Waals surface area contributed by atoms with Gasteiger partial charge in [-0.1, -0.05) is 25.1 Å². The predicted molar refractivity (Wildman–Crippen MR) is 120 cm³/mol. The average Bonchev–Trinajstić information content (AvgIpc) is 2.80. The standard InChI is InChI=1S/C24H32N2O5/c1-6-13-25-24(28)17(2)26(16-18-7-10-20(29-3)11-8-18)23(27)15-19-9-12-21(30-4)22(14-19)31-5/h7-12,14,17H,6,13,15-16H2,1-5H3,(H,25,28)/t17-/m0/s1. The molecule has 7 heteroatoms. The molecule has 0 aliphatic carbocycles. The summed E-state index contributed by atoms with van der Waals surface area (Å²) in [6.45, 7) is 4.63. The van der Waals surface area contributed by atoms with Crippen LogP contribution in [0.1, 0.15) is 31.4 Å². The fourth-order valence-electron chi connectivity index (χ4n) is 3.17. The summed E-state index contributed by atoms with van der Waals surface area (Å²) < 4.78 is 15.8. The first-order valence-electron chi connectivity index (χ1n) is 10.3. The quantitative estimate of drug-likeness (QED) is 0.595. The molecule has 2 rings (SSSR count). The van der Waals surface area contributed by atoms with Gasteiger partial charge in [0.2, 0.25) is 11.8 Å². The third-order valence-electron chi connectivity index (χ3n) is 5.03. The summed E-state index contributed by atoms with van der Waals surface area (Å²) in [6, 6.07) is 12.2. The Labute approximate surface area is 184 Å². The summed E-state index contributed by atoms with van der Waals surface area (Å²) in [5, 5.41) is 2.88. The molecule has 0 aliphatic rings. The Kier molecular flexibility index (Phi) is 9.18. The smallest absolute Gasteiger partial charge is 0.242 e. The molecule has 0 unspecified atom stereocenters. The van der Waals surface area contributed by atoms with E-state index in [1.165, 1.54) is 0 Å². The lowest BCUT2D eigenvalue weighted by Gasteiger charge is -2.29. The van der Waals surface area contributed by atoms with Crippen LogP contribution in [0.4, 0.5) is 0 Å². The molecule has 168 valence electrons. The fraction of sp³-hybridized carbons (Fsp3) is 0.417. The normalized spacial score (nSPS) is 11.4. The van der Waals surface area contributed by atoms with E-state index < -0.39 is 6.04 Å². The third-order valence-corrected chi connectivity index (χ3v) is 5.03. The van der Waals surface area contributed by atoms with Crippen molar-refractivity contribution < 1.29 is 23.8 Å². The van der Waals surface area contributed by atoms with Crippen LogP contribution in [0.25, 0.3) is 0 Å². The molecule has 0 heterocycles. The molecule has 31 heavy (non-hydrogen) atoms. The monoisotopic (exact) mass is 428 g/mol. The van der Waals surface area contributed by atoms with E-state index in [0.717, 1.165) is 23.3 Å². The highest BCUT2D eigenvalue weighted by atomic mass is 16.5. The van der Waals surface area contributed by atoms with E-state index in [2.05, 4.69) is 5.32 Å². The third kappa shape index (κ3) is 6.64. The molecule has 0 bridgehead atoms. The summed E-state index contributed by atoms with van der Waals surface area (Å²) in [6.07, 6.45) is 0.971. The van der Waals surface area contributed by atoms with Gasteiger partial charge in [-0.05, 0) is 48.7 Å². The van der Waals surface area contributed by atoms with Crippen LogP contribution in [0.2, 0.25) is 0 Å². The van der Waals surface area contributed by atoms with Gasteiger partial charge >= 0.3 is 0 Å². The van der Waals surface area contributed by atoms with Gasteiger partial charge in [0.1, 0.15) is 11.8 Å². The van der Waals surface area contributed by atoms with Gasteiger partial charge in [0, 0.05) is 13.1 Å². The van der Waals surface area contributed by atoms with Crippen molar-refractivity contribution in [3.63, 3.8) is 0 Å². The molecule has 0 saturated carbocycles. The van der Waals surface area contributed by atoms with Crippen molar-refractivity contribution >= 4 is 11.8 Å². The Hall–Kier alpha value is -3.22. The molecule has 0 aromatic heterocycles. The van der Waals surface area contributed by atoms with Crippen molar-refractivity contribution in [3.05, 3.63) is 53.6 Å². The van der Waals surface area contributed by atoms with Crippen LogP contribution in [0.3, 0.4) is 0 Å². The second-order valence-corrected chi connectivity index (χ2v) is 7.20. The highest BCUT2D eigenvalue weighted by molar-refractivity contribution is 5.88. The van der Waals surface area contributed by atoms with Crippen molar-refractivity contribution in [2.45, 2.75) is 39.3 Å². The Bertz CT molecular complexity index is 867. The number of ether oxygens (including phenoxy) is 3. The minimum Gasteiger partial charge on any atom is -0.497 e. The van der Waals surface area contributed by atoms with Gasteiger partial charge in [0.15, 0.2) is 11.5 Å². The van der Waals surface area contributed by atoms with Crippen molar-refractivity contribution in [3.8, 4) is 17.2 Å². The van der Waals surface area contributed by atoms with Crippen LogP contribution in [0.15, 0.2) is 42.5 Å². The van der Waals surface area contributed by atoms with E-state index in [1.807, 2.05) is 37.3 Å². The molecule has 0 fully saturated rings. The molecule has 1 N–H and O–H groups in total. The summed E-state index contributed by atoms with van der Waals surface area (Å²) in [5.74, 6) is 1.57. The van der Waals surface area contributed by atoms with Crippen LogP contribution in [0.5, 0.6) is 17.2 Å². The van der Waals surface area contributed by atoms with Gasteiger partial charge < -0.3 is 24.4 Å². The molecule has 2 aromatic carbocycles.